The van der Waals surface area contributed by atoms with Crippen LogP contribution in [0, 0.1) is 19.8 Å². The van der Waals surface area contributed by atoms with E-state index in [0.29, 0.717) is 33.6 Å². The van der Waals surface area contributed by atoms with E-state index in [1.54, 1.807) is 0 Å². The summed E-state index contributed by atoms with van der Waals surface area (Å²) in [6.45, 7) is 6.04. The number of thiophene rings is 1. The molecule has 1 aliphatic carbocycles. The van der Waals surface area contributed by atoms with E-state index in [4.69, 9.17) is 4.42 Å². The first-order valence-corrected chi connectivity index (χ1v) is 9.64. The zero-order valence-electron chi connectivity index (χ0n) is 15.3. The fraction of sp³-hybridized carbons (Fsp3) is 0.368. The van der Waals surface area contributed by atoms with E-state index in [1.807, 2.05) is 26.0 Å². The summed E-state index contributed by atoms with van der Waals surface area (Å²) in [5.41, 5.74) is 3.15. The third-order valence-corrected chi connectivity index (χ3v) is 6.02. The van der Waals surface area contributed by atoms with Crippen molar-refractivity contribution in [3.63, 3.8) is 0 Å². The van der Waals surface area contributed by atoms with Gasteiger partial charge in [-0.1, -0.05) is 6.92 Å². The number of carbonyl (C=O) groups is 1. The van der Waals surface area contributed by atoms with Crippen molar-refractivity contribution in [1.29, 1.82) is 0 Å². The predicted molar refractivity (Wildman–Crippen MR) is 104 cm³/mol. The van der Waals surface area contributed by atoms with Crippen molar-refractivity contribution in [2.45, 2.75) is 39.5 Å². The highest BCUT2D eigenvalue weighted by molar-refractivity contribution is 7.18. The first kappa shape index (κ1) is 17.7. The van der Waals surface area contributed by atoms with Crippen molar-refractivity contribution in [1.82, 2.24) is 15.4 Å². The monoisotopic (exact) mass is 384 g/mol. The average Bonchev–Trinajstić information content (AvgIpc) is 3.02. The summed E-state index contributed by atoms with van der Waals surface area (Å²) in [6, 6.07) is 3.79. The zero-order chi connectivity index (χ0) is 19.1. The van der Waals surface area contributed by atoms with Crippen molar-refractivity contribution in [3.8, 4) is 0 Å². The van der Waals surface area contributed by atoms with Gasteiger partial charge in [0.05, 0.1) is 18.0 Å². The number of amides is 1. The maximum absolute atomic E-state index is 12.2. The van der Waals surface area contributed by atoms with Gasteiger partial charge in [-0.25, -0.2) is 10.4 Å². The van der Waals surface area contributed by atoms with E-state index in [9.17, 15) is 9.59 Å². The number of H-pyrrole nitrogens is 1. The lowest BCUT2D eigenvalue weighted by Crippen LogP contribution is -2.23. The number of aromatic nitrogens is 2. The average molecular weight is 384 g/mol. The molecule has 0 radical (unpaired) electrons. The first-order valence-electron chi connectivity index (χ1n) is 8.83. The van der Waals surface area contributed by atoms with Gasteiger partial charge in [0.2, 0.25) is 5.91 Å². The first-order chi connectivity index (χ1) is 12.9. The van der Waals surface area contributed by atoms with Crippen LogP contribution in [0.25, 0.3) is 10.2 Å². The fourth-order valence-corrected chi connectivity index (χ4v) is 4.15. The van der Waals surface area contributed by atoms with E-state index in [2.05, 4.69) is 27.4 Å². The van der Waals surface area contributed by atoms with E-state index >= 15 is 0 Å². The Bertz CT molecular complexity index is 1110. The number of hydrogen-bond acceptors (Lipinski definition) is 6. The van der Waals surface area contributed by atoms with Crippen LogP contribution in [0.15, 0.2) is 26.4 Å². The molecule has 1 aliphatic rings. The van der Waals surface area contributed by atoms with Crippen molar-refractivity contribution in [2.75, 3.05) is 0 Å². The molecular formula is C19H20N4O3S. The summed E-state index contributed by atoms with van der Waals surface area (Å²) in [4.78, 5) is 33.1. The summed E-state index contributed by atoms with van der Waals surface area (Å²) in [6.07, 6.45) is 2.57. The molecule has 0 aromatic carbocycles. The maximum atomic E-state index is 12.2. The van der Waals surface area contributed by atoms with Gasteiger partial charge in [-0.15, -0.1) is 11.3 Å². The van der Waals surface area contributed by atoms with Crippen LogP contribution in [-0.4, -0.2) is 22.1 Å². The number of nitrogens with one attached hydrogen (secondary N) is 2. The molecule has 0 aliphatic heterocycles. The van der Waals surface area contributed by atoms with Crippen LogP contribution < -0.4 is 11.0 Å². The van der Waals surface area contributed by atoms with Gasteiger partial charge >= 0.3 is 0 Å². The van der Waals surface area contributed by atoms with Crippen LogP contribution in [0.4, 0.5) is 0 Å². The molecule has 7 nitrogen and oxygen atoms in total. The predicted octanol–water partition coefficient (Wildman–Crippen LogP) is 3.01. The highest BCUT2D eigenvalue weighted by atomic mass is 32.1. The Morgan fingerprint density at radius 2 is 2.26 bits per heavy atom. The number of rotatable bonds is 5. The molecule has 0 saturated heterocycles. The molecule has 8 heteroatoms. The summed E-state index contributed by atoms with van der Waals surface area (Å²) >= 11 is 1.45. The molecule has 0 unspecified atom stereocenters. The number of hydrogen-bond donors (Lipinski definition) is 2. The zero-order valence-corrected chi connectivity index (χ0v) is 16.1. The van der Waals surface area contributed by atoms with E-state index < -0.39 is 0 Å². The molecular weight excluding hydrogens is 364 g/mol. The number of aryl methyl sites for hydroxylation is 2. The third-order valence-electron chi connectivity index (χ3n) is 4.92. The molecule has 2 N–H and O–H groups in total. The third kappa shape index (κ3) is 3.57. The second kappa shape index (κ2) is 6.77. The largest absolute Gasteiger partial charge is 0.460 e. The minimum absolute atomic E-state index is 0.0541. The molecule has 4 rings (SSSR count). The van der Waals surface area contributed by atoms with E-state index in [1.165, 1.54) is 17.6 Å². The lowest BCUT2D eigenvalue weighted by Gasteiger charge is -2.00. The number of aromatic amines is 1. The molecule has 3 aromatic heterocycles. The number of fused-ring (bicyclic) bond motifs is 1. The summed E-state index contributed by atoms with van der Waals surface area (Å²) in [7, 11) is 0. The molecule has 3 heterocycles. The summed E-state index contributed by atoms with van der Waals surface area (Å²) < 4.78 is 5.70. The van der Waals surface area contributed by atoms with Crippen molar-refractivity contribution >= 4 is 33.7 Å². The number of carbonyl (C=O) groups excluding carboxylic acids is 1. The van der Waals surface area contributed by atoms with Crippen LogP contribution in [0.3, 0.4) is 0 Å². The molecule has 0 bridgehead atoms. The quantitative estimate of drug-likeness (QED) is 0.522. The number of nitrogens with zero attached hydrogens (tertiary/aromatic N) is 2. The highest BCUT2D eigenvalue weighted by Crippen LogP contribution is 2.47. The molecule has 140 valence electrons. The van der Waals surface area contributed by atoms with Crippen LogP contribution in [-0.2, 0) is 11.2 Å². The Kier molecular flexibility index (Phi) is 4.43. The van der Waals surface area contributed by atoms with Gasteiger partial charge in [0.1, 0.15) is 22.2 Å². The molecule has 1 saturated carbocycles. The topological polar surface area (TPSA) is 100 Å². The second-order valence-corrected chi connectivity index (χ2v) is 8.21. The number of furan rings is 1. The van der Waals surface area contributed by atoms with E-state index in [0.717, 1.165) is 22.6 Å². The van der Waals surface area contributed by atoms with Crippen LogP contribution >= 0.6 is 11.3 Å². The Hall–Kier alpha value is -2.74. The SMILES string of the molecule is Cc1sc2nc(CC(=O)N/N=C\c3ccc([C@H]4C[C@H]4C)o3)[nH]c(=O)c2c1C. The lowest BCUT2D eigenvalue weighted by atomic mass is 10.2. The number of hydrazone groups is 1. The Morgan fingerprint density at radius 3 is 3.00 bits per heavy atom. The Balaban J connectivity index is 1.40. The standard InChI is InChI=1S/C19H20N4O3S/c1-9-6-13(9)14-5-4-12(26-14)8-20-23-16(24)7-15-21-18(25)17-10(2)11(3)27-19(17)22-15/h4-5,8-9,13H,6-7H2,1-3H3,(H,23,24)(H,21,22,25)/b20-8-/t9-,13+/m1/s1. The van der Waals surface area contributed by atoms with Crippen molar-refractivity contribution < 1.29 is 9.21 Å². The molecule has 1 fully saturated rings. The van der Waals surface area contributed by atoms with Crippen molar-refractivity contribution in [3.05, 3.63) is 50.3 Å². The maximum Gasteiger partial charge on any atom is 0.259 e. The van der Waals surface area contributed by atoms with Crippen LogP contribution in [0.2, 0.25) is 0 Å². The van der Waals surface area contributed by atoms with Crippen molar-refractivity contribution in [2.24, 2.45) is 11.0 Å². The Labute approximate surface area is 159 Å². The summed E-state index contributed by atoms with van der Waals surface area (Å²) in [5.74, 6) is 2.70. The highest BCUT2D eigenvalue weighted by Gasteiger charge is 2.36. The second-order valence-electron chi connectivity index (χ2n) is 7.01. The molecule has 3 aromatic rings. The van der Waals surface area contributed by atoms with Gasteiger partial charge < -0.3 is 9.40 Å². The van der Waals surface area contributed by atoms with Crippen LogP contribution in [0.1, 0.15) is 47.0 Å². The smallest absolute Gasteiger partial charge is 0.259 e. The van der Waals surface area contributed by atoms with Gasteiger partial charge in [0.25, 0.3) is 5.56 Å². The van der Waals surface area contributed by atoms with E-state index in [-0.39, 0.29) is 17.9 Å². The molecule has 27 heavy (non-hydrogen) atoms. The Morgan fingerprint density at radius 1 is 1.48 bits per heavy atom. The van der Waals surface area contributed by atoms with Gasteiger partial charge in [-0.3, -0.25) is 9.59 Å². The minimum Gasteiger partial charge on any atom is -0.460 e. The molecule has 0 spiro atoms. The van der Waals surface area contributed by atoms with Gasteiger partial charge in [0, 0.05) is 10.8 Å². The van der Waals surface area contributed by atoms with Gasteiger partial charge in [-0.2, -0.15) is 5.10 Å². The molecule has 1 amide bonds. The normalized spacial score (nSPS) is 19.1. The molecule has 2 atom stereocenters. The lowest BCUT2D eigenvalue weighted by molar-refractivity contribution is -0.120. The van der Waals surface area contributed by atoms with Crippen LogP contribution in [0.5, 0.6) is 0 Å². The minimum atomic E-state index is -0.360. The van der Waals surface area contributed by atoms with Gasteiger partial charge in [-0.05, 0) is 43.9 Å². The fourth-order valence-electron chi connectivity index (χ4n) is 3.10. The summed E-state index contributed by atoms with van der Waals surface area (Å²) in [5, 5.41) is 4.51. The van der Waals surface area contributed by atoms with Gasteiger partial charge in [0.15, 0.2) is 0 Å².